The van der Waals surface area contributed by atoms with Crippen LogP contribution < -0.4 is 10.6 Å². The molecule has 2 rings (SSSR count). The fourth-order valence-corrected chi connectivity index (χ4v) is 2.28. The minimum atomic E-state index is -0.476. The van der Waals surface area contributed by atoms with E-state index in [4.69, 9.17) is 11.6 Å². The minimum absolute atomic E-state index is 0.0877. The Labute approximate surface area is 146 Å². The molecule has 0 aliphatic heterocycles. The number of rotatable bonds is 5. The Morgan fingerprint density at radius 3 is 2.62 bits per heavy atom. The van der Waals surface area contributed by atoms with Gasteiger partial charge >= 0.3 is 0 Å². The Hall–Kier alpha value is -2.34. The zero-order chi connectivity index (χ0) is 17.7. The van der Waals surface area contributed by atoms with Gasteiger partial charge < -0.3 is 10.6 Å². The van der Waals surface area contributed by atoms with Crippen molar-refractivity contribution in [3.8, 4) is 5.69 Å². The first kappa shape index (κ1) is 18.0. The first-order chi connectivity index (χ1) is 11.3. The van der Waals surface area contributed by atoms with Gasteiger partial charge in [-0.15, -0.1) is 0 Å². The molecule has 2 aromatic rings. The Morgan fingerprint density at radius 1 is 1.25 bits per heavy atom. The van der Waals surface area contributed by atoms with Gasteiger partial charge in [-0.25, -0.2) is 4.68 Å². The van der Waals surface area contributed by atoms with E-state index in [0.29, 0.717) is 16.4 Å². The van der Waals surface area contributed by atoms with Gasteiger partial charge in [0, 0.05) is 30.8 Å². The predicted octanol–water partition coefficient (Wildman–Crippen LogP) is 3.02. The van der Waals surface area contributed by atoms with E-state index in [9.17, 15) is 9.59 Å². The molecule has 24 heavy (non-hydrogen) atoms. The number of amides is 2. The van der Waals surface area contributed by atoms with E-state index in [1.807, 2.05) is 20.8 Å². The van der Waals surface area contributed by atoms with Crippen LogP contribution in [0.25, 0.3) is 5.69 Å². The third-order valence-corrected chi connectivity index (χ3v) is 3.62. The smallest absolute Gasteiger partial charge is 0.226 e. The molecule has 7 heteroatoms. The second kappa shape index (κ2) is 7.49. The van der Waals surface area contributed by atoms with E-state index < -0.39 is 5.41 Å². The molecular weight excluding hydrogens is 328 g/mol. The standard InChI is InChI=1S/C17H21ClN4O2/c1-17(2,3)16(24)19-10-8-14(23)21-13-7-4-6-12(18)15(13)22-11-5-9-20-22/h4-7,9,11H,8,10H2,1-3H3,(H,19,24)(H,21,23). The Kier molecular flexibility index (Phi) is 5.62. The van der Waals surface area contributed by atoms with Gasteiger partial charge in [0.15, 0.2) is 0 Å². The summed E-state index contributed by atoms with van der Waals surface area (Å²) < 4.78 is 1.60. The predicted molar refractivity (Wildman–Crippen MR) is 94.3 cm³/mol. The highest BCUT2D eigenvalue weighted by Gasteiger charge is 2.20. The molecular formula is C17H21ClN4O2. The van der Waals surface area contributed by atoms with Crippen LogP contribution in [0.15, 0.2) is 36.7 Å². The van der Waals surface area contributed by atoms with E-state index >= 15 is 0 Å². The van der Waals surface area contributed by atoms with Crippen molar-refractivity contribution in [3.05, 3.63) is 41.7 Å². The first-order valence-electron chi connectivity index (χ1n) is 7.66. The number of benzene rings is 1. The molecule has 0 radical (unpaired) electrons. The average molecular weight is 349 g/mol. The summed E-state index contributed by atoms with van der Waals surface area (Å²) in [6.45, 7) is 5.75. The van der Waals surface area contributed by atoms with E-state index in [0.717, 1.165) is 0 Å². The summed E-state index contributed by atoms with van der Waals surface area (Å²) in [7, 11) is 0. The number of hydrogen-bond donors (Lipinski definition) is 2. The van der Waals surface area contributed by atoms with Gasteiger partial charge in [0.1, 0.15) is 5.69 Å². The zero-order valence-electron chi connectivity index (χ0n) is 14.0. The van der Waals surface area contributed by atoms with Gasteiger partial charge in [-0.05, 0) is 18.2 Å². The molecule has 1 aromatic carbocycles. The molecule has 128 valence electrons. The van der Waals surface area contributed by atoms with Crippen LogP contribution in [0, 0.1) is 5.41 Å². The molecule has 2 amide bonds. The Bertz CT molecular complexity index is 721. The van der Waals surface area contributed by atoms with Crippen LogP contribution in [0.4, 0.5) is 5.69 Å². The number of nitrogens with one attached hydrogen (secondary N) is 2. The summed E-state index contributed by atoms with van der Waals surface area (Å²) >= 11 is 6.23. The van der Waals surface area contributed by atoms with Crippen molar-refractivity contribution in [2.75, 3.05) is 11.9 Å². The van der Waals surface area contributed by atoms with Gasteiger partial charge in [0.25, 0.3) is 0 Å². The van der Waals surface area contributed by atoms with Crippen LogP contribution in [-0.2, 0) is 9.59 Å². The monoisotopic (exact) mass is 348 g/mol. The number of nitrogens with zero attached hydrogens (tertiary/aromatic N) is 2. The summed E-state index contributed by atoms with van der Waals surface area (Å²) in [5, 5.41) is 10.2. The number of carbonyl (C=O) groups is 2. The number of aromatic nitrogens is 2. The van der Waals surface area contributed by atoms with Crippen LogP contribution >= 0.6 is 11.6 Å². The van der Waals surface area contributed by atoms with E-state index in [1.54, 1.807) is 41.3 Å². The van der Waals surface area contributed by atoms with Gasteiger partial charge in [0.2, 0.25) is 11.8 Å². The largest absolute Gasteiger partial charge is 0.355 e. The highest BCUT2D eigenvalue weighted by molar-refractivity contribution is 6.33. The van der Waals surface area contributed by atoms with Crippen molar-refractivity contribution < 1.29 is 9.59 Å². The van der Waals surface area contributed by atoms with Crippen molar-refractivity contribution in [1.29, 1.82) is 0 Å². The van der Waals surface area contributed by atoms with Crippen LogP contribution in [-0.4, -0.2) is 28.1 Å². The van der Waals surface area contributed by atoms with Crippen molar-refractivity contribution >= 4 is 29.1 Å². The summed E-state index contributed by atoms with van der Waals surface area (Å²) in [6.07, 6.45) is 3.56. The van der Waals surface area contributed by atoms with Crippen LogP contribution in [0.1, 0.15) is 27.2 Å². The van der Waals surface area contributed by atoms with E-state index in [-0.39, 0.29) is 24.8 Å². The van der Waals surface area contributed by atoms with Crippen molar-refractivity contribution in [2.24, 2.45) is 5.41 Å². The quantitative estimate of drug-likeness (QED) is 0.872. The molecule has 0 saturated heterocycles. The normalized spacial score (nSPS) is 11.2. The zero-order valence-corrected chi connectivity index (χ0v) is 14.7. The SMILES string of the molecule is CC(C)(C)C(=O)NCCC(=O)Nc1cccc(Cl)c1-n1cccn1. The number of hydrogen-bond acceptors (Lipinski definition) is 3. The summed E-state index contributed by atoms with van der Waals surface area (Å²) in [5.41, 5.74) is 0.700. The van der Waals surface area contributed by atoms with Crippen LogP contribution in [0.2, 0.25) is 5.02 Å². The second-order valence-corrected chi connectivity index (χ2v) is 6.80. The maximum absolute atomic E-state index is 12.1. The molecule has 2 N–H and O–H groups in total. The lowest BCUT2D eigenvalue weighted by atomic mass is 9.96. The van der Waals surface area contributed by atoms with Gasteiger partial charge in [-0.2, -0.15) is 5.10 Å². The third-order valence-electron chi connectivity index (χ3n) is 3.31. The number of carbonyl (C=O) groups excluding carboxylic acids is 2. The van der Waals surface area contributed by atoms with E-state index in [2.05, 4.69) is 15.7 Å². The maximum Gasteiger partial charge on any atom is 0.226 e. The lowest BCUT2D eigenvalue weighted by Gasteiger charge is -2.17. The Morgan fingerprint density at radius 2 is 2.00 bits per heavy atom. The molecule has 1 heterocycles. The third kappa shape index (κ3) is 4.58. The minimum Gasteiger partial charge on any atom is -0.355 e. The first-order valence-corrected chi connectivity index (χ1v) is 8.03. The molecule has 0 saturated carbocycles. The molecule has 0 bridgehead atoms. The molecule has 0 aliphatic carbocycles. The van der Waals surface area contributed by atoms with Gasteiger partial charge in [0.05, 0.1) is 10.7 Å². The highest BCUT2D eigenvalue weighted by Crippen LogP contribution is 2.28. The molecule has 0 fully saturated rings. The van der Waals surface area contributed by atoms with Crippen molar-refractivity contribution in [3.63, 3.8) is 0 Å². The lowest BCUT2D eigenvalue weighted by Crippen LogP contribution is -2.36. The summed E-state index contributed by atoms with van der Waals surface area (Å²) in [5.74, 6) is -0.296. The van der Waals surface area contributed by atoms with E-state index in [1.165, 1.54) is 0 Å². The fraction of sp³-hybridized carbons (Fsp3) is 0.353. The maximum atomic E-state index is 12.1. The summed E-state index contributed by atoms with van der Waals surface area (Å²) in [6, 6.07) is 7.02. The average Bonchev–Trinajstić information content (AvgIpc) is 3.00. The molecule has 1 aromatic heterocycles. The number of para-hydroxylation sites is 1. The molecule has 0 unspecified atom stereocenters. The highest BCUT2D eigenvalue weighted by atomic mass is 35.5. The van der Waals surface area contributed by atoms with Gasteiger partial charge in [-0.3, -0.25) is 9.59 Å². The summed E-state index contributed by atoms with van der Waals surface area (Å²) in [4.78, 5) is 23.9. The lowest BCUT2D eigenvalue weighted by molar-refractivity contribution is -0.128. The van der Waals surface area contributed by atoms with Crippen LogP contribution in [0.5, 0.6) is 0 Å². The van der Waals surface area contributed by atoms with Crippen LogP contribution in [0.3, 0.4) is 0 Å². The molecule has 0 spiro atoms. The fourth-order valence-electron chi connectivity index (χ4n) is 2.02. The molecule has 0 atom stereocenters. The van der Waals surface area contributed by atoms with Crippen molar-refractivity contribution in [2.45, 2.75) is 27.2 Å². The number of halogens is 1. The van der Waals surface area contributed by atoms with Gasteiger partial charge in [-0.1, -0.05) is 38.4 Å². The second-order valence-electron chi connectivity index (χ2n) is 6.39. The topological polar surface area (TPSA) is 76.0 Å². The van der Waals surface area contributed by atoms with Crippen molar-refractivity contribution in [1.82, 2.24) is 15.1 Å². The Balaban J connectivity index is 2.00. The number of anilines is 1. The molecule has 0 aliphatic rings. The molecule has 6 nitrogen and oxygen atoms in total.